The molecule has 0 radical (unpaired) electrons. The summed E-state index contributed by atoms with van der Waals surface area (Å²) in [5.74, 6) is -0.237. The number of halogens is 2. The van der Waals surface area contributed by atoms with E-state index in [1.165, 1.54) is 6.07 Å². The van der Waals surface area contributed by atoms with Crippen LogP contribution in [0.4, 0.5) is 4.39 Å². The smallest absolute Gasteiger partial charge is 0.129 e. The second kappa shape index (κ2) is 4.76. The SMILES string of the molecule is NCc1ccn(Cc2ccc(Br)cc2F)n1. The number of nitrogens with zero attached hydrogens (tertiary/aromatic N) is 2. The third kappa shape index (κ3) is 2.48. The van der Waals surface area contributed by atoms with E-state index >= 15 is 0 Å². The molecule has 0 fully saturated rings. The zero-order valence-electron chi connectivity index (χ0n) is 8.53. The van der Waals surface area contributed by atoms with Gasteiger partial charge in [0.15, 0.2) is 0 Å². The molecule has 0 amide bonds. The van der Waals surface area contributed by atoms with Crippen LogP contribution in [0.5, 0.6) is 0 Å². The summed E-state index contributed by atoms with van der Waals surface area (Å²) in [6.45, 7) is 0.814. The maximum Gasteiger partial charge on any atom is 0.129 e. The minimum Gasteiger partial charge on any atom is -0.325 e. The van der Waals surface area contributed by atoms with E-state index in [0.717, 1.165) is 10.2 Å². The Hall–Kier alpha value is -1.20. The van der Waals surface area contributed by atoms with Crippen LogP contribution in [-0.4, -0.2) is 9.78 Å². The van der Waals surface area contributed by atoms with Gasteiger partial charge in [-0.05, 0) is 18.2 Å². The molecule has 0 aliphatic heterocycles. The third-order valence-corrected chi connectivity index (χ3v) is 2.75. The Morgan fingerprint density at radius 1 is 1.38 bits per heavy atom. The highest BCUT2D eigenvalue weighted by atomic mass is 79.9. The van der Waals surface area contributed by atoms with Crippen LogP contribution in [-0.2, 0) is 13.1 Å². The van der Waals surface area contributed by atoms with Gasteiger partial charge in [0.05, 0.1) is 12.2 Å². The Labute approximate surface area is 101 Å². The molecule has 0 atom stereocenters. The molecular weight excluding hydrogens is 273 g/mol. The molecule has 5 heteroatoms. The van der Waals surface area contributed by atoms with Crippen molar-refractivity contribution in [2.24, 2.45) is 5.73 Å². The van der Waals surface area contributed by atoms with E-state index in [-0.39, 0.29) is 5.82 Å². The first kappa shape index (κ1) is 11.3. The van der Waals surface area contributed by atoms with Gasteiger partial charge in [-0.1, -0.05) is 22.0 Å². The molecule has 84 valence electrons. The second-order valence-electron chi connectivity index (χ2n) is 3.44. The fourth-order valence-electron chi connectivity index (χ4n) is 1.43. The molecule has 0 spiro atoms. The van der Waals surface area contributed by atoms with E-state index in [9.17, 15) is 4.39 Å². The van der Waals surface area contributed by atoms with Crippen LogP contribution in [0.3, 0.4) is 0 Å². The van der Waals surface area contributed by atoms with Crippen LogP contribution < -0.4 is 5.73 Å². The lowest BCUT2D eigenvalue weighted by Crippen LogP contribution is -2.04. The number of rotatable bonds is 3. The first-order valence-corrected chi connectivity index (χ1v) is 5.64. The van der Waals surface area contributed by atoms with Gasteiger partial charge in [0.2, 0.25) is 0 Å². The summed E-state index contributed by atoms with van der Waals surface area (Å²) >= 11 is 3.22. The van der Waals surface area contributed by atoms with Gasteiger partial charge in [-0.3, -0.25) is 4.68 Å². The normalized spacial score (nSPS) is 10.7. The van der Waals surface area contributed by atoms with E-state index < -0.39 is 0 Å². The molecule has 16 heavy (non-hydrogen) atoms. The lowest BCUT2D eigenvalue weighted by Gasteiger charge is -2.04. The molecular formula is C11H11BrFN3. The zero-order chi connectivity index (χ0) is 11.5. The van der Waals surface area contributed by atoms with Gasteiger partial charge in [0.1, 0.15) is 5.82 Å². The number of benzene rings is 1. The van der Waals surface area contributed by atoms with Crippen LogP contribution in [0.15, 0.2) is 34.9 Å². The van der Waals surface area contributed by atoms with Gasteiger partial charge in [-0.15, -0.1) is 0 Å². The summed E-state index contributed by atoms with van der Waals surface area (Å²) in [7, 11) is 0. The van der Waals surface area contributed by atoms with Crippen molar-refractivity contribution in [1.29, 1.82) is 0 Å². The van der Waals surface area contributed by atoms with E-state index in [0.29, 0.717) is 18.7 Å². The van der Waals surface area contributed by atoms with Gasteiger partial charge < -0.3 is 5.73 Å². The Morgan fingerprint density at radius 2 is 2.19 bits per heavy atom. The topological polar surface area (TPSA) is 43.8 Å². The quantitative estimate of drug-likeness (QED) is 0.939. The van der Waals surface area contributed by atoms with Gasteiger partial charge in [-0.25, -0.2) is 4.39 Å². The fourth-order valence-corrected chi connectivity index (χ4v) is 1.76. The fraction of sp³-hybridized carbons (Fsp3) is 0.182. The highest BCUT2D eigenvalue weighted by Gasteiger charge is 2.04. The Morgan fingerprint density at radius 3 is 2.81 bits per heavy atom. The van der Waals surface area contributed by atoms with Gasteiger partial charge in [-0.2, -0.15) is 5.10 Å². The molecule has 2 aromatic rings. The van der Waals surface area contributed by atoms with E-state index in [1.54, 1.807) is 16.9 Å². The van der Waals surface area contributed by atoms with Crippen LogP contribution in [0.25, 0.3) is 0 Å². The predicted molar refractivity (Wildman–Crippen MR) is 63.3 cm³/mol. The van der Waals surface area contributed by atoms with Crippen LogP contribution in [0.2, 0.25) is 0 Å². The lowest BCUT2D eigenvalue weighted by atomic mass is 10.2. The maximum atomic E-state index is 13.5. The molecule has 1 aromatic carbocycles. The molecule has 0 aliphatic rings. The summed E-state index contributed by atoms with van der Waals surface area (Å²) in [5, 5.41) is 4.20. The van der Waals surface area contributed by atoms with Crippen molar-refractivity contribution in [3.63, 3.8) is 0 Å². The van der Waals surface area contributed by atoms with E-state index in [2.05, 4.69) is 21.0 Å². The second-order valence-corrected chi connectivity index (χ2v) is 4.36. The van der Waals surface area contributed by atoms with Crippen LogP contribution >= 0.6 is 15.9 Å². The number of nitrogens with two attached hydrogens (primary N) is 1. The summed E-state index contributed by atoms with van der Waals surface area (Å²) in [6, 6.07) is 6.83. The van der Waals surface area contributed by atoms with E-state index in [4.69, 9.17) is 5.73 Å². The van der Waals surface area contributed by atoms with Crippen molar-refractivity contribution in [3.8, 4) is 0 Å². The lowest BCUT2D eigenvalue weighted by molar-refractivity contribution is 0.582. The molecule has 2 rings (SSSR count). The average Bonchev–Trinajstić information content (AvgIpc) is 2.70. The summed E-state index contributed by atoms with van der Waals surface area (Å²) in [4.78, 5) is 0. The van der Waals surface area contributed by atoms with Crippen molar-refractivity contribution in [1.82, 2.24) is 9.78 Å². The van der Waals surface area contributed by atoms with Crippen molar-refractivity contribution < 1.29 is 4.39 Å². The Bertz CT molecular complexity index is 496. The standard InChI is InChI=1S/C11H11BrFN3/c12-9-2-1-8(11(13)5-9)7-16-4-3-10(6-14)15-16/h1-5H,6-7,14H2. The highest BCUT2D eigenvalue weighted by molar-refractivity contribution is 9.10. The minimum absolute atomic E-state index is 0.237. The molecule has 1 aromatic heterocycles. The largest absolute Gasteiger partial charge is 0.325 e. The maximum absolute atomic E-state index is 13.5. The van der Waals surface area contributed by atoms with Crippen molar-refractivity contribution in [2.75, 3.05) is 0 Å². The molecule has 0 unspecified atom stereocenters. The minimum atomic E-state index is -0.237. The van der Waals surface area contributed by atoms with Gasteiger partial charge in [0, 0.05) is 22.8 Å². The summed E-state index contributed by atoms with van der Waals surface area (Å²) in [6.07, 6.45) is 1.80. The molecule has 0 saturated carbocycles. The van der Waals surface area contributed by atoms with Gasteiger partial charge in [0.25, 0.3) is 0 Å². The van der Waals surface area contributed by atoms with E-state index in [1.807, 2.05) is 12.1 Å². The molecule has 1 heterocycles. The average molecular weight is 284 g/mol. The molecule has 3 nitrogen and oxygen atoms in total. The monoisotopic (exact) mass is 283 g/mol. The summed E-state index contributed by atoms with van der Waals surface area (Å²) in [5.41, 5.74) is 6.86. The number of aromatic nitrogens is 2. The third-order valence-electron chi connectivity index (χ3n) is 2.25. The highest BCUT2D eigenvalue weighted by Crippen LogP contribution is 2.16. The molecule has 0 bridgehead atoms. The predicted octanol–water partition coefficient (Wildman–Crippen LogP) is 2.29. The van der Waals surface area contributed by atoms with Crippen molar-refractivity contribution in [2.45, 2.75) is 13.1 Å². The number of hydrogen-bond donors (Lipinski definition) is 1. The van der Waals surface area contributed by atoms with Crippen molar-refractivity contribution >= 4 is 15.9 Å². The first-order valence-electron chi connectivity index (χ1n) is 4.85. The molecule has 2 N–H and O–H groups in total. The Balaban J connectivity index is 2.20. The van der Waals surface area contributed by atoms with Crippen LogP contribution in [0.1, 0.15) is 11.3 Å². The first-order chi connectivity index (χ1) is 7.69. The number of hydrogen-bond acceptors (Lipinski definition) is 2. The van der Waals surface area contributed by atoms with Crippen molar-refractivity contribution in [3.05, 3.63) is 52.0 Å². The summed E-state index contributed by atoms with van der Waals surface area (Å²) < 4.78 is 15.9. The Kier molecular flexibility index (Phi) is 3.36. The van der Waals surface area contributed by atoms with Gasteiger partial charge >= 0.3 is 0 Å². The van der Waals surface area contributed by atoms with Crippen LogP contribution in [0, 0.1) is 5.82 Å². The zero-order valence-corrected chi connectivity index (χ0v) is 10.1. The molecule has 0 aliphatic carbocycles. The molecule has 0 saturated heterocycles.